The minimum absolute atomic E-state index is 0.156. The smallest absolute Gasteiger partial charge is 0.386 e. The zero-order valence-electron chi connectivity index (χ0n) is 5.47. The first-order valence-corrected chi connectivity index (χ1v) is 3.08. The molecule has 0 spiro atoms. The van der Waals surface area contributed by atoms with Gasteiger partial charge in [-0.1, -0.05) is 11.6 Å². The van der Waals surface area contributed by atoms with Crippen LogP contribution >= 0.6 is 11.6 Å². The third-order valence-corrected chi connectivity index (χ3v) is 0.985. The highest BCUT2D eigenvalue weighted by molar-refractivity contribution is 6.29. The van der Waals surface area contributed by atoms with Crippen LogP contribution in [0.1, 0.15) is 0 Å². The second-order valence-electron chi connectivity index (χ2n) is 1.73. The number of ether oxygens (including phenoxy) is 1. The lowest BCUT2D eigenvalue weighted by Gasteiger charge is -2.06. The Labute approximate surface area is 70.1 Å². The van der Waals surface area contributed by atoms with Crippen LogP contribution in [-0.2, 0) is 0 Å². The summed E-state index contributed by atoms with van der Waals surface area (Å²) in [6.07, 6.45) is -2.84. The molecule has 66 valence electrons. The van der Waals surface area contributed by atoms with E-state index in [1.54, 1.807) is 0 Å². The van der Waals surface area contributed by atoms with E-state index in [0.717, 1.165) is 12.4 Å². The van der Waals surface area contributed by atoms with Gasteiger partial charge in [0.15, 0.2) is 5.15 Å². The molecule has 12 heavy (non-hydrogen) atoms. The number of aromatic nitrogens is 2. The fourth-order valence-electron chi connectivity index (χ4n) is 0.493. The summed E-state index contributed by atoms with van der Waals surface area (Å²) in [5.41, 5.74) is 0. The van der Waals surface area contributed by atoms with E-state index in [-0.39, 0.29) is 5.15 Å². The molecule has 0 amide bonds. The lowest BCUT2D eigenvalue weighted by molar-refractivity contribution is -0.276. The predicted octanol–water partition coefficient (Wildman–Crippen LogP) is 2.03. The SMILES string of the molecule is FC(F)(F)Oc1cncc(Cl)n1. The maximum atomic E-state index is 11.5. The van der Waals surface area contributed by atoms with Crippen molar-refractivity contribution in [2.75, 3.05) is 0 Å². The monoisotopic (exact) mass is 198 g/mol. The highest BCUT2D eigenvalue weighted by Crippen LogP contribution is 2.20. The van der Waals surface area contributed by atoms with Crippen molar-refractivity contribution < 1.29 is 17.9 Å². The van der Waals surface area contributed by atoms with Crippen molar-refractivity contribution in [3.05, 3.63) is 17.5 Å². The zero-order chi connectivity index (χ0) is 9.19. The van der Waals surface area contributed by atoms with Crippen LogP contribution in [0.2, 0.25) is 5.15 Å². The van der Waals surface area contributed by atoms with E-state index in [4.69, 9.17) is 11.6 Å². The van der Waals surface area contributed by atoms with Gasteiger partial charge in [-0.3, -0.25) is 4.98 Å². The van der Waals surface area contributed by atoms with Crippen molar-refractivity contribution in [2.24, 2.45) is 0 Å². The summed E-state index contributed by atoms with van der Waals surface area (Å²) in [6, 6.07) is 0. The van der Waals surface area contributed by atoms with Crippen molar-refractivity contribution in [1.29, 1.82) is 0 Å². The molecule has 0 atom stereocenters. The highest BCUT2D eigenvalue weighted by Gasteiger charge is 2.31. The Hall–Kier alpha value is -1.04. The molecule has 0 aliphatic carbocycles. The first-order valence-electron chi connectivity index (χ1n) is 2.71. The second kappa shape index (κ2) is 3.14. The number of nitrogens with zero attached hydrogens (tertiary/aromatic N) is 2. The van der Waals surface area contributed by atoms with E-state index in [0.29, 0.717) is 0 Å². The Morgan fingerprint density at radius 3 is 2.50 bits per heavy atom. The van der Waals surface area contributed by atoms with E-state index < -0.39 is 12.2 Å². The molecule has 1 heterocycles. The fraction of sp³-hybridized carbons (Fsp3) is 0.200. The summed E-state index contributed by atoms with van der Waals surface area (Å²) in [6.45, 7) is 0. The van der Waals surface area contributed by atoms with Crippen LogP contribution in [-0.4, -0.2) is 16.3 Å². The van der Waals surface area contributed by atoms with Crippen LogP contribution < -0.4 is 4.74 Å². The molecule has 0 saturated heterocycles. The Morgan fingerprint density at radius 1 is 1.33 bits per heavy atom. The molecule has 0 unspecified atom stereocenters. The molecular formula is C5H2ClF3N2O. The van der Waals surface area contributed by atoms with Crippen LogP contribution in [0.5, 0.6) is 5.88 Å². The van der Waals surface area contributed by atoms with Gasteiger partial charge < -0.3 is 4.74 Å². The lowest BCUT2D eigenvalue weighted by Crippen LogP contribution is -2.18. The molecule has 0 fully saturated rings. The lowest BCUT2D eigenvalue weighted by atomic mass is 10.7. The van der Waals surface area contributed by atoms with Crippen molar-refractivity contribution in [3.8, 4) is 5.88 Å². The predicted molar refractivity (Wildman–Crippen MR) is 33.7 cm³/mol. The van der Waals surface area contributed by atoms with Gasteiger partial charge in [0.25, 0.3) is 0 Å². The summed E-state index contributed by atoms with van der Waals surface area (Å²) in [5.74, 6) is -0.671. The number of hydrogen-bond acceptors (Lipinski definition) is 3. The van der Waals surface area contributed by atoms with Crippen molar-refractivity contribution >= 4 is 11.6 Å². The molecule has 1 aromatic rings. The summed E-state index contributed by atoms with van der Waals surface area (Å²) < 4.78 is 38.0. The first-order chi connectivity index (χ1) is 5.47. The Bertz CT molecular complexity index is 278. The largest absolute Gasteiger partial charge is 0.574 e. The summed E-state index contributed by atoms with van der Waals surface area (Å²) in [7, 11) is 0. The summed E-state index contributed by atoms with van der Waals surface area (Å²) in [4.78, 5) is 6.57. The molecule has 0 aliphatic heterocycles. The molecule has 0 radical (unpaired) electrons. The first kappa shape index (κ1) is 9.05. The third kappa shape index (κ3) is 2.91. The Kier molecular flexibility index (Phi) is 2.37. The van der Waals surface area contributed by atoms with Gasteiger partial charge in [0.05, 0.1) is 12.4 Å². The summed E-state index contributed by atoms with van der Waals surface area (Å²) in [5, 5.41) is -0.156. The van der Waals surface area contributed by atoms with E-state index in [2.05, 4.69) is 14.7 Å². The van der Waals surface area contributed by atoms with Crippen LogP contribution in [0.15, 0.2) is 12.4 Å². The fourth-order valence-corrected chi connectivity index (χ4v) is 0.633. The molecule has 7 heteroatoms. The number of alkyl halides is 3. The molecule has 0 N–H and O–H groups in total. The maximum absolute atomic E-state index is 11.5. The normalized spacial score (nSPS) is 11.3. The van der Waals surface area contributed by atoms with Gasteiger partial charge in [0, 0.05) is 0 Å². The van der Waals surface area contributed by atoms with Gasteiger partial charge >= 0.3 is 6.36 Å². The Balaban J connectivity index is 2.77. The molecule has 0 saturated carbocycles. The van der Waals surface area contributed by atoms with Gasteiger partial charge in [-0.05, 0) is 0 Å². The summed E-state index contributed by atoms with van der Waals surface area (Å²) >= 11 is 5.25. The molecule has 0 aromatic carbocycles. The molecule has 1 aromatic heterocycles. The van der Waals surface area contributed by atoms with Crippen LogP contribution in [0.25, 0.3) is 0 Å². The van der Waals surface area contributed by atoms with Crippen LogP contribution in [0.3, 0.4) is 0 Å². The highest BCUT2D eigenvalue weighted by atomic mass is 35.5. The van der Waals surface area contributed by atoms with E-state index in [1.807, 2.05) is 0 Å². The average Bonchev–Trinajstić information content (AvgIpc) is 1.82. The molecule has 3 nitrogen and oxygen atoms in total. The molecule has 0 bridgehead atoms. The Morgan fingerprint density at radius 2 is 2.00 bits per heavy atom. The van der Waals surface area contributed by atoms with Crippen LogP contribution in [0.4, 0.5) is 13.2 Å². The van der Waals surface area contributed by atoms with E-state index in [9.17, 15) is 13.2 Å². The van der Waals surface area contributed by atoms with Gasteiger partial charge in [0.2, 0.25) is 5.88 Å². The number of hydrogen-bond donors (Lipinski definition) is 0. The van der Waals surface area contributed by atoms with Crippen molar-refractivity contribution in [2.45, 2.75) is 6.36 Å². The standard InChI is InChI=1S/C5H2ClF3N2O/c6-3-1-10-2-4(11-3)12-5(7,8)9/h1-2H. The number of rotatable bonds is 1. The minimum Gasteiger partial charge on any atom is -0.386 e. The van der Waals surface area contributed by atoms with Crippen molar-refractivity contribution in [1.82, 2.24) is 9.97 Å². The van der Waals surface area contributed by atoms with E-state index in [1.165, 1.54) is 0 Å². The quantitative estimate of drug-likeness (QED) is 0.693. The average molecular weight is 199 g/mol. The van der Waals surface area contributed by atoms with Gasteiger partial charge in [-0.25, -0.2) is 0 Å². The molecular weight excluding hydrogens is 197 g/mol. The zero-order valence-corrected chi connectivity index (χ0v) is 6.23. The van der Waals surface area contributed by atoms with Gasteiger partial charge in [-0.15, -0.1) is 13.2 Å². The van der Waals surface area contributed by atoms with Crippen LogP contribution in [0, 0.1) is 0 Å². The molecule has 0 aliphatic rings. The van der Waals surface area contributed by atoms with Crippen molar-refractivity contribution in [3.63, 3.8) is 0 Å². The number of halogens is 4. The topological polar surface area (TPSA) is 35.0 Å². The third-order valence-electron chi connectivity index (χ3n) is 0.803. The van der Waals surface area contributed by atoms with Gasteiger partial charge in [-0.2, -0.15) is 4.98 Å². The molecule has 1 rings (SSSR count). The maximum Gasteiger partial charge on any atom is 0.574 e. The second-order valence-corrected chi connectivity index (χ2v) is 2.12. The van der Waals surface area contributed by atoms with E-state index >= 15 is 0 Å². The van der Waals surface area contributed by atoms with Gasteiger partial charge in [0.1, 0.15) is 0 Å². The minimum atomic E-state index is -4.76.